The van der Waals surface area contributed by atoms with Crippen molar-refractivity contribution in [3.8, 4) is 0 Å². The summed E-state index contributed by atoms with van der Waals surface area (Å²) in [5.41, 5.74) is 2.65. The summed E-state index contributed by atoms with van der Waals surface area (Å²) in [5, 5.41) is 1.13. The fourth-order valence-electron chi connectivity index (χ4n) is 3.00. The van der Waals surface area contributed by atoms with E-state index < -0.39 is 0 Å². The van der Waals surface area contributed by atoms with E-state index in [2.05, 4.69) is 29.5 Å². The molecule has 0 amide bonds. The first-order chi connectivity index (χ1) is 10.8. The van der Waals surface area contributed by atoms with Gasteiger partial charge in [-0.1, -0.05) is 44.9 Å². The van der Waals surface area contributed by atoms with Gasteiger partial charge >= 0.3 is 0 Å². The van der Waals surface area contributed by atoms with Gasteiger partial charge in [-0.2, -0.15) is 0 Å². The Morgan fingerprint density at radius 1 is 1.04 bits per heavy atom. The standard InChI is InChI=1S/C18H23N3O.ClH/c1-3-5-11-20-13-19-16-17(20)14-9-7-8-10-15(14)21(18(16)22)12-6-4-2;/h7-10,13H,3-6,11-12H2,1-2H3;1H. The van der Waals surface area contributed by atoms with Crippen molar-refractivity contribution in [2.75, 3.05) is 0 Å². The van der Waals surface area contributed by atoms with Gasteiger partial charge in [0, 0.05) is 18.5 Å². The molecule has 4 nitrogen and oxygen atoms in total. The van der Waals surface area contributed by atoms with E-state index in [1.165, 1.54) is 0 Å². The van der Waals surface area contributed by atoms with E-state index >= 15 is 0 Å². The van der Waals surface area contributed by atoms with Crippen LogP contribution in [0.1, 0.15) is 39.5 Å². The predicted octanol–water partition coefficient (Wildman–Crippen LogP) is 4.37. The van der Waals surface area contributed by atoms with Crippen molar-refractivity contribution < 1.29 is 0 Å². The number of halogens is 1. The monoisotopic (exact) mass is 333 g/mol. The summed E-state index contributed by atoms with van der Waals surface area (Å²) >= 11 is 0. The zero-order valence-electron chi connectivity index (χ0n) is 13.8. The third-order valence-corrected chi connectivity index (χ3v) is 4.22. The molecule has 2 heterocycles. The zero-order chi connectivity index (χ0) is 15.5. The lowest BCUT2D eigenvalue weighted by atomic mass is 10.1. The van der Waals surface area contributed by atoms with Gasteiger partial charge < -0.3 is 9.13 Å². The normalized spacial score (nSPS) is 11.0. The van der Waals surface area contributed by atoms with Gasteiger partial charge in [-0.15, -0.1) is 12.4 Å². The van der Waals surface area contributed by atoms with Gasteiger partial charge in [0.1, 0.15) is 0 Å². The molecule has 0 spiro atoms. The summed E-state index contributed by atoms with van der Waals surface area (Å²) in [6, 6.07) is 8.18. The summed E-state index contributed by atoms with van der Waals surface area (Å²) in [6.07, 6.45) is 6.12. The van der Waals surface area contributed by atoms with Crippen molar-refractivity contribution in [2.45, 2.75) is 52.6 Å². The van der Waals surface area contributed by atoms with E-state index in [-0.39, 0.29) is 18.0 Å². The molecule has 0 N–H and O–H groups in total. The van der Waals surface area contributed by atoms with Gasteiger partial charge in [0.05, 0.1) is 17.4 Å². The number of fused-ring (bicyclic) bond motifs is 3. The van der Waals surface area contributed by atoms with Crippen LogP contribution in [0.25, 0.3) is 21.9 Å². The van der Waals surface area contributed by atoms with Crippen LogP contribution < -0.4 is 5.56 Å². The molecular weight excluding hydrogens is 310 g/mol. The first kappa shape index (κ1) is 17.5. The molecule has 1 aromatic carbocycles. The minimum Gasteiger partial charge on any atom is -0.330 e. The largest absolute Gasteiger partial charge is 0.330 e. The Morgan fingerprint density at radius 2 is 1.74 bits per heavy atom. The molecule has 3 aromatic rings. The number of aryl methyl sites for hydroxylation is 2. The Balaban J connectivity index is 0.00000192. The summed E-state index contributed by atoms with van der Waals surface area (Å²) in [4.78, 5) is 17.2. The summed E-state index contributed by atoms with van der Waals surface area (Å²) in [5.74, 6) is 0. The maximum atomic E-state index is 12.8. The van der Waals surface area contributed by atoms with Crippen molar-refractivity contribution in [2.24, 2.45) is 0 Å². The van der Waals surface area contributed by atoms with Crippen LogP contribution in [0.3, 0.4) is 0 Å². The highest BCUT2D eigenvalue weighted by Crippen LogP contribution is 2.23. The number of benzene rings is 1. The number of rotatable bonds is 6. The summed E-state index contributed by atoms with van der Waals surface area (Å²) < 4.78 is 4.02. The maximum absolute atomic E-state index is 12.8. The molecule has 3 rings (SSSR count). The van der Waals surface area contributed by atoms with Gasteiger partial charge in [-0.05, 0) is 18.9 Å². The number of unbranched alkanes of at least 4 members (excludes halogenated alkanes) is 2. The van der Waals surface area contributed by atoms with Crippen molar-refractivity contribution in [3.63, 3.8) is 0 Å². The highest BCUT2D eigenvalue weighted by molar-refractivity contribution is 6.02. The first-order valence-corrected chi connectivity index (χ1v) is 8.24. The lowest BCUT2D eigenvalue weighted by molar-refractivity contribution is 0.633. The van der Waals surface area contributed by atoms with Gasteiger partial charge in [-0.3, -0.25) is 4.79 Å². The van der Waals surface area contributed by atoms with E-state index in [0.717, 1.165) is 55.2 Å². The van der Waals surface area contributed by atoms with Crippen LogP contribution in [-0.4, -0.2) is 14.1 Å². The van der Waals surface area contributed by atoms with Crippen LogP contribution >= 0.6 is 12.4 Å². The maximum Gasteiger partial charge on any atom is 0.279 e. The number of para-hydroxylation sites is 1. The van der Waals surface area contributed by atoms with E-state index in [4.69, 9.17) is 0 Å². The number of nitrogens with zero attached hydrogens (tertiary/aromatic N) is 3. The highest BCUT2D eigenvalue weighted by Gasteiger charge is 2.14. The van der Waals surface area contributed by atoms with Crippen molar-refractivity contribution in [1.82, 2.24) is 14.1 Å². The van der Waals surface area contributed by atoms with Crippen LogP contribution in [-0.2, 0) is 13.1 Å². The average Bonchev–Trinajstić information content (AvgIpc) is 2.97. The fraction of sp³-hybridized carbons (Fsp3) is 0.444. The topological polar surface area (TPSA) is 39.8 Å². The number of pyridine rings is 1. The van der Waals surface area contributed by atoms with Crippen LogP contribution in [0, 0.1) is 0 Å². The second kappa shape index (κ2) is 7.64. The van der Waals surface area contributed by atoms with Gasteiger partial charge in [0.15, 0.2) is 5.52 Å². The lowest BCUT2D eigenvalue weighted by Crippen LogP contribution is -2.21. The zero-order valence-corrected chi connectivity index (χ0v) is 14.6. The molecule has 5 heteroatoms. The molecule has 0 fully saturated rings. The second-order valence-electron chi connectivity index (χ2n) is 5.82. The molecule has 0 aliphatic rings. The Morgan fingerprint density at radius 3 is 2.48 bits per heavy atom. The van der Waals surface area contributed by atoms with Crippen molar-refractivity contribution in [3.05, 3.63) is 40.9 Å². The van der Waals surface area contributed by atoms with Gasteiger partial charge in [0.25, 0.3) is 5.56 Å². The number of hydrogen-bond acceptors (Lipinski definition) is 2. The van der Waals surface area contributed by atoms with E-state index in [1.807, 2.05) is 29.1 Å². The van der Waals surface area contributed by atoms with Crippen molar-refractivity contribution in [1.29, 1.82) is 0 Å². The third-order valence-electron chi connectivity index (χ3n) is 4.22. The minimum absolute atomic E-state index is 0. The lowest BCUT2D eigenvalue weighted by Gasteiger charge is -2.12. The van der Waals surface area contributed by atoms with Crippen LogP contribution in [0.15, 0.2) is 35.4 Å². The summed E-state index contributed by atoms with van der Waals surface area (Å²) in [6.45, 7) is 5.99. The molecule has 0 unspecified atom stereocenters. The van der Waals surface area contributed by atoms with Crippen LogP contribution in [0.5, 0.6) is 0 Å². The first-order valence-electron chi connectivity index (χ1n) is 8.24. The number of hydrogen-bond donors (Lipinski definition) is 0. The predicted molar refractivity (Wildman–Crippen MR) is 98.6 cm³/mol. The Kier molecular flexibility index (Phi) is 5.83. The van der Waals surface area contributed by atoms with Crippen LogP contribution in [0.4, 0.5) is 0 Å². The quantitative estimate of drug-likeness (QED) is 0.671. The molecular formula is C18H24ClN3O. The molecule has 124 valence electrons. The Bertz CT molecular complexity index is 850. The molecule has 23 heavy (non-hydrogen) atoms. The molecule has 0 aliphatic carbocycles. The minimum atomic E-state index is 0. The fourth-order valence-corrected chi connectivity index (χ4v) is 3.00. The molecule has 0 atom stereocenters. The van der Waals surface area contributed by atoms with Gasteiger partial charge in [-0.25, -0.2) is 4.98 Å². The highest BCUT2D eigenvalue weighted by atomic mass is 35.5. The second-order valence-corrected chi connectivity index (χ2v) is 5.82. The van der Waals surface area contributed by atoms with Gasteiger partial charge in [0.2, 0.25) is 0 Å². The van der Waals surface area contributed by atoms with E-state index in [0.29, 0.717) is 5.52 Å². The molecule has 0 bridgehead atoms. The van der Waals surface area contributed by atoms with E-state index in [9.17, 15) is 4.79 Å². The Labute approximate surface area is 142 Å². The molecule has 0 radical (unpaired) electrons. The molecule has 0 saturated carbocycles. The Hall–Kier alpha value is -1.81. The van der Waals surface area contributed by atoms with Crippen LogP contribution in [0.2, 0.25) is 0 Å². The molecule has 2 aromatic heterocycles. The third kappa shape index (κ3) is 3.13. The summed E-state index contributed by atoms with van der Waals surface area (Å²) in [7, 11) is 0. The molecule has 0 saturated heterocycles. The molecule has 0 aliphatic heterocycles. The number of imidazole rings is 1. The smallest absolute Gasteiger partial charge is 0.279 e. The van der Waals surface area contributed by atoms with Crippen molar-refractivity contribution >= 4 is 34.3 Å². The van der Waals surface area contributed by atoms with E-state index in [1.54, 1.807) is 0 Å². The average molecular weight is 334 g/mol. The SMILES string of the molecule is CCCCn1cnc2c(=O)n(CCCC)c3ccccc3c21.Cl. The number of aromatic nitrogens is 3.